The van der Waals surface area contributed by atoms with Gasteiger partial charge in [-0.15, -0.1) is 0 Å². The number of nitrogens with zero attached hydrogens (tertiary/aromatic N) is 2. The summed E-state index contributed by atoms with van der Waals surface area (Å²) in [7, 11) is 1.62. The molecular formula is C19H31N2O+. The fraction of sp³-hybridized carbons (Fsp3) is 0.368. The normalized spacial score (nSPS) is 9.59. The molecular weight excluding hydrogens is 272 g/mol. The smallest absolute Gasteiger partial charge is 0.273 e. The van der Waals surface area contributed by atoms with E-state index in [2.05, 4.69) is 18.1 Å². The third-order valence-corrected chi connectivity index (χ3v) is 2.42. The molecule has 1 aromatic rings. The van der Waals surface area contributed by atoms with Crippen LogP contribution >= 0.6 is 0 Å². The van der Waals surface area contributed by atoms with Crippen molar-refractivity contribution in [3.63, 3.8) is 0 Å². The van der Waals surface area contributed by atoms with Gasteiger partial charge in [0.05, 0.1) is 0 Å². The van der Waals surface area contributed by atoms with Gasteiger partial charge in [0.1, 0.15) is 18.5 Å². The number of hydrogen-bond donors (Lipinski definition) is 0. The largest absolute Gasteiger partial charge is 0.283 e. The zero-order valence-corrected chi connectivity index (χ0v) is 15.2. The molecule has 0 N–H and O–H groups in total. The van der Waals surface area contributed by atoms with Crippen LogP contribution in [-0.4, -0.2) is 12.1 Å². The summed E-state index contributed by atoms with van der Waals surface area (Å²) < 4.78 is 1.70. The standard InChI is InChI=1S/C15H19N2O.2C2H6/c1-6-10-13-15(11-7-2)17(18-5)14(9-4)12(8-3)16-13;2*1-2/h6-11H,3-4H2,1-2,5H3;2*1-2H3/q+1;;/b10-6-,11-7-;;. The zero-order valence-electron chi connectivity index (χ0n) is 15.2. The van der Waals surface area contributed by atoms with Gasteiger partial charge in [0.25, 0.3) is 11.4 Å². The average molecular weight is 303 g/mol. The van der Waals surface area contributed by atoms with Crippen molar-refractivity contribution in [1.82, 2.24) is 4.98 Å². The van der Waals surface area contributed by atoms with Gasteiger partial charge in [-0.3, -0.25) is 4.84 Å². The van der Waals surface area contributed by atoms with E-state index in [0.717, 1.165) is 22.8 Å². The van der Waals surface area contributed by atoms with Gasteiger partial charge >= 0.3 is 0 Å². The molecule has 1 rings (SSSR count). The Kier molecular flexibility index (Phi) is 13.9. The van der Waals surface area contributed by atoms with E-state index in [4.69, 9.17) is 4.84 Å². The molecule has 0 unspecified atom stereocenters. The van der Waals surface area contributed by atoms with Gasteiger partial charge in [0.2, 0.25) is 0 Å². The maximum Gasteiger partial charge on any atom is 0.283 e. The van der Waals surface area contributed by atoms with Crippen LogP contribution in [-0.2, 0) is 0 Å². The van der Waals surface area contributed by atoms with Crippen molar-refractivity contribution in [3.05, 3.63) is 48.1 Å². The van der Waals surface area contributed by atoms with Gasteiger partial charge in [0.15, 0.2) is 0 Å². The molecule has 0 fully saturated rings. The second-order valence-electron chi connectivity index (χ2n) is 3.54. The van der Waals surface area contributed by atoms with Crippen molar-refractivity contribution in [2.45, 2.75) is 41.5 Å². The summed E-state index contributed by atoms with van der Waals surface area (Å²) in [6.07, 6.45) is 11.2. The van der Waals surface area contributed by atoms with Crippen molar-refractivity contribution >= 4 is 24.3 Å². The maximum absolute atomic E-state index is 5.42. The van der Waals surface area contributed by atoms with Gasteiger partial charge in [-0.2, -0.15) is 0 Å². The van der Waals surface area contributed by atoms with E-state index < -0.39 is 0 Å². The lowest BCUT2D eigenvalue weighted by Crippen LogP contribution is -2.48. The van der Waals surface area contributed by atoms with Crippen LogP contribution in [0.15, 0.2) is 25.3 Å². The molecule has 0 atom stereocenters. The Morgan fingerprint density at radius 1 is 0.864 bits per heavy atom. The van der Waals surface area contributed by atoms with Crippen LogP contribution in [0.1, 0.15) is 64.3 Å². The first kappa shape index (κ1) is 22.1. The number of hydrogen-bond acceptors (Lipinski definition) is 2. The first-order chi connectivity index (χ1) is 10.7. The Bertz CT molecular complexity index is 515. The average Bonchev–Trinajstić information content (AvgIpc) is 2.59. The minimum atomic E-state index is 0.744. The van der Waals surface area contributed by atoms with Crippen molar-refractivity contribution < 1.29 is 9.57 Å². The van der Waals surface area contributed by atoms with Gasteiger partial charge in [-0.25, -0.2) is 4.98 Å². The predicted octanol–water partition coefficient (Wildman–Crippen LogP) is 4.83. The summed E-state index contributed by atoms with van der Waals surface area (Å²) in [6, 6.07) is 0. The minimum absolute atomic E-state index is 0.744. The van der Waals surface area contributed by atoms with E-state index in [1.54, 1.807) is 24.0 Å². The molecule has 0 aliphatic rings. The van der Waals surface area contributed by atoms with E-state index in [-0.39, 0.29) is 0 Å². The Morgan fingerprint density at radius 3 is 1.77 bits per heavy atom. The van der Waals surface area contributed by atoms with Crippen LogP contribution in [0.2, 0.25) is 0 Å². The van der Waals surface area contributed by atoms with Crippen LogP contribution in [0, 0.1) is 0 Å². The molecule has 0 spiro atoms. The van der Waals surface area contributed by atoms with Gasteiger partial charge in [0, 0.05) is 16.9 Å². The molecule has 0 saturated heterocycles. The summed E-state index contributed by atoms with van der Waals surface area (Å²) >= 11 is 0. The van der Waals surface area contributed by atoms with E-state index in [0.29, 0.717) is 0 Å². The Balaban J connectivity index is 0. The van der Waals surface area contributed by atoms with Crippen LogP contribution in [0.3, 0.4) is 0 Å². The van der Waals surface area contributed by atoms with Crippen LogP contribution < -0.4 is 9.57 Å². The third-order valence-electron chi connectivity index (χ3n) is 2.42. The highest BCUT2D eigenvalue weighted by molar-refractivity contribution is 5.62. The van der Waals surface area contributed by atoms with Crippen LogP contribution in [0.4, 0.5) is 0 Å². The van der Waals surface area contributed by atoms with Gasteiger partial charge in [-0.1, -0.05) is 53.0 Å². The third kappa shape index (κ3) is 5.68. The Morgan fingerprint density at radius 2 is 1.41 bits per heavy atom. The lowest BCUT2D eigenvalue weighted by Gasteiger charge is -2.05. The fourth-order valence-electron chi connectivity index (χ4n) is 1.71. The quantitative estimate of drug-likeness (QED) is 0.728. The Labute approximate surface area is 136 Å². The summed E-state index contributed by atoms with van der Waals surface area (Å²) in [5.74, 6) is 0. The Hall–Kier alpha value is -2.16. The lowest BCUT2D eigenvalue weighted by atomic mass is 10.2. The molecule has 0 aromatic carbocycles. The highest BCUT2D eigenvalue weighted by Gasteiger charge is 2.23. The van der Waals surface area contributed by atoms with Crippen molar-refractivity contribution in [3.8, 4) is 0 Å². The molecule has 0 radical (unpaired) electrons. The molecule has 1 heterocycles. The summed E-state index contributed by atoms with van der Waals surface area (Å²) in [4.78, 5) is 9.97. The lowest BCUT2D eigenvalue weighted by molar-refractivity contribution is -0.888. The number of allylic oxidation sites excluding steroid dienone is 2. The van der Waals surface area contributed by atoms with E-state index in [1.807, 2.05) is 65.8 Å². The molecule has 3 nitrogen and oxygen atoms in total. The van der Waals surface area contributed by atoms with Crippen LogP contribution in [0.25, 0.3) is 24.3 Å². The molecule has 1 aromatic heterocycles. The first-order valence-electron chi connectivity index (χ1n) is 7.78. The topological polar surface area (TPSA) is 26.0 Å². The van der Waals surface area contributed by atoms with Gasteiger partial charge in [-0.05, 0) is 26.0 Å². The second-order valence-corrected chi connectivity index (χ2v) is 3.54. The number of aromatic nitrogens is 2. The summed E-state index contributed by atoms with van der Waals surface area (Å²) in [6.45, 7) is 19.5. The van der Waals surface area contributed by atoms with E-state index >= 15 is 0 Å². The molecule has 0 bridgehead atoms. The fourth-order valence-corrected chi connectivity index (χ4v) is 1.71. The SMILES string of the molecule is C=Cc1nc(/C=C\C)c(/C=C\C)[n+](OC)c1C=C.CC.CC. The predicted molar refractivity (Wildman–Crippen MR) is 99.2 cm³/mol. The summed E-state index contributed by atoms with van der Waals surface area (Å²) in [5.41, 5.74) is 3.23. The zero-order chi connectivity index (χ0) is 17.5. The maximum atomic E-state index is 5.42. The van der Waals surface area contributed by atoms with Gasteiger partial charge < -0.3 is 0 Å². The first-order valence-corrected chi connectivity index (χ1v) is 7.78. The molecule has 3 heteroatoms. The minimum Gasteiger partial charge on any atom is -0.273 e. The molecule has 0 aliphatic carbocycles. The molecule has 122 valence electrons. The number of rotatable bonds is 5. The monoisotopic (exact) mass is 303 g/mol. The molecule has 22 heavy (non-hydrogen) atoms. The highest BCUT2D eigenvalue weighted by Crippen LogP contribution is 2.12. The molecule has 0 saturated carbocycles. The van der Waals surface area contributed by atoms with E-state index in [9.17, 15) is 0 Å². The molecule has 0 amide bonds. The molecule has 0 aliphatic heterocycles. The van der Waals surface area contributed by atoms with E-state index in [1.165, 1.54) is 0 Å². The van der Waals surface area contributed by atoms with Crippen molar-refractivity contribution in [1.29, 1.82) is 0 Å². The van der Waals surface area contributed by atoms with Crippen molar-refractivity contribution in [2.75, 3.05) is 7.11 Å². The summed E-state index contributed by atoms with van der Waals surface area (Å²) in [5, 5.41) is 0. The highest BCUT2D eigenvalue weighted by atomic mass is 16.6. The van der Waals surface area contributed by atoms with Crippen molar-refractivity contribution in [2.24, 2.45) is 0 Å². The van der Waals surface area contributed by atoms with Crippen LogP contribution in [0.5, 0.6) is 0 Å². The second kappa shape index (κ2) is 13.8.